The van der Waals surface area contributed by atoms with E-state index in [1.807, 2.05) is 0 Å². The van der Waals surface area contributed by atoms with Crippen LogP contribution < -0.4 is 20.7 Å². The van der Waals surface area contributed by atoms with E-state index < -0.39 is 17.2 Å². The lowest BCUT2D eigenvalue weighted by Crippen LogP contribution is -2.33. The molecule has 0 amide bonds. The summed E-state index contributed by atoms with van der Waals surface area (Å²) in [4.78, 5) is 37.6. The van der Waals surface area contributed by atoms with E-state index >= 15 is 0 Å². The molecule has 0 saturated carbocycles. The number of nitrogens with zero attached hydrogens (tertiary/aromatic N) is 1. The minimum absolute atomic E-state index is 0.119. The molecule has 0 atom stereocenters. The van der Waals surface area contributed by atoms with Gasteiger partial charge in [-0.25, -0.2) is 9.59 Å². The zero-order valence-electron chi connectivity index (χ0n) is 12.9. The maximum absolute atomic E-state index is 12.0. The van der Waals surface area contributed by atoms with Crippen molar-refractivity contribution < 1.29 is 19.0 Å². The van der Waals surface area contributed by atoms with Gasteiger partial charge in [-0.3, -0.25) is 14.3 Å². The summed E-state index contributed by atoms with van der Waals surface area (Å²) in [7, 11) is 2.95. The second kappa shape index (κ2) is 6.82. The molecule has 1 aromatic heterocycles. The van der Waals surface area contributed by atoms with Gasteiger partial charge in [0, 0.05) is 12.3 Å². The first-order valence-electron chi connectivity index (χ1n) is 6.77. The molecule has 0 radical (unpaired) electrons. The van der Waals surface area contributed by atoms with Gasteiger partial charge in [0.05, 0.1) is 26.5 Å². The van der Waals surface area contributed by atoms with E-state index in [1.165, 1.54) is 14.2 Å². The molecule has 122 valence electrons. The number of methoxy groups -OCH3 is 2. The maximum atomic E-state index is 12.0. The summed E-state index contributed by atoms with van der Waals surface area (Å²) in [5.74, 6) is 0.0862. The number of nitrogens with one attached hydrogen (secondary N) is 1. The number of esters is 1. The van der Waals surface area contributed by atoms with Gasteiger partial charge >= 0.3 is 11.7 Å². The quantitative estimate of drug-likeness (QED) is 0.815. The van der Waals surface area contributed by atoms with E-state index in [2.05, 4.69) is 4.98 Å². The van der Waals surface area contributed by atoms with Gasteiger partial charge in [0.25, 0.3) is 5.56 Å². The number of aromatic amines is 1. The molecule has 0 fully saturated rings. The molecule has 8 nitrogen and oxygen atoms in total. The predicted molar refractivity (Wildman–Crippen MR) is 81.7 cm³/mol. The lowest BCUT2D eigenvalue weighted by Gasteiger charge is -2.11. The Bertz CT molecular complexity index is 837. The van der Waals surface area contributed by atoms with Crippen molar-refractivity contribution in [3.8, 4) is 17.2 Å². The molecule has 23 heavy (non-hydrogen) atoms. The zero-order valence-corrected chi connectivity index (χ0v) is 12.9. The van der Waals surface area contributed by atoms with E-state index in [0.717, 1.165) is 10.8 Å². The Hall–Kier alpha value is -3.03. The molecular weight excluding hydrogens is 304 g/mol. The molecular formula is C15H16N2O6. The van der Waals surface area contributed by atoms with Gasteiger partial charge in [0.1, 0.15) is 5.56 Å². The average molecular weight is 320 g/mol. The number of ether oxygens (including phenoxy) is 3. The third-order valence-corrected chi connectivity index (χ3v) is 3.08. The number of benzene rings is 1. The molecule has 0 spiro atoms. The molecule has 0 bridgehead atoms. The van der Waals surface area contributed by atoms with Gasteiger partial charge < -0.3 is 14.2 Å². The van der Waals surface area contributed by atoms with Crippen LogP contribution in [0, 0.1) is 0 Å². The Morgan fingerprint density at radius 1 is 1.17 bits per heavy atom. The van der Waals surface area contributed by atoms with Crippen LogP contribution in [0.2, 0.25) is 0 Å². The standard InChI is InChI=1S/C15H16N2O6/c1-4-23-14(19)10-8-17(15(20)16-13(10)18)9-5-6-11(21-2)12(7-9)22-3/h5-8H,4H2,1-3H3,(H,16,18,20). The van der Waals surface area contributed by atoms with E-state index in [-0.39, 0.29) is 12.2 Å². The van der Waals surface area contributed by atoms with Crippen LogP contribution in [0.1, 0.15) is 17.3 Å². The van der Waals surface area contributed by atoms with Crippen molar-refractivity contribution in [1.29, 1.82) is 0 Å². The highest BCUT2D eigenvalue weighted by Crippen LogP contribution is 2.28. The minimum atomic E-state index is -0.803. The molecule has 0 aliphatic carbocycles. The number of carbonyl (C=O) groups is 1. The van der Waals surface area contributed by atoms with Gasteiger partial charge in [-0.15, -0.1) is 0 Å². The lowest BCUT2D eigenvalue weighted by molar-refractivity contribution is 0.0523. The number of aromatic nitrogens is 2. The first kappa shape index (κ1) is 16.3. The van der Waals surface area contributed by atoms with Crippen LogP contribution in [-0.2, 0) is 4.74 Å². The van der Waals surface area contributed by atoms with Crippen LogP contribution in [0.25, 0.3) is 5.69 Å². The molecule has 2 rings (SSSR count). The van der Waals surface area contributed by atoms with Crippen LogP contribution >= 0.6 is 0 Å². The predicted octanol–water partition coefficient (Wildman–Crippen LogP) is 0.720. The van der Waals surface area contributed by atoms with Crippen molar-refractivity contribution >= 4 is 5.97 Å². The minimum Gasteiger partial charge on any atom is -0.493 e. The maximum Gasteiger partial charge on any atom is 0.345 e. The van der Waals surface area contributed by atoms with Crippen molar-refractivity contribution in [3.05, 3.63) is 50.8 Å². The second-order valence-corrected chi connectivity index (χ2v) is 4.43. The summed E-state index contributed by atoms with van der Waals surface area (Å²) < 4.78 is 16.2. The molecule has 0 saturated heterocycles. The summed E-state index contributed by atoms with van der Waals surface area (Å²) in [6.45, 7) is 1.74. The Kier molecular flexibility index (Phi) is 4.85. The fraction of sp³-hybridized carbons (Fsp3) is 0.267. The van der Waals surface area contributed by atoms with Gasteiger partial charge in [-0.1, -0.05) is 0 Å². The fourth-order valence-electron chi connectivity index (χ4n) is 1.99. The first-order chi connectivity index (χ1) is 11.0. The number of carbonyl (C=O) groups excluding carboxylic acids is 1. The Labute approximate surface area is 131 Å². The first-order valence-corrected chi connectivity index (χ1v) is 6.77. The monoisotopic (exact) mass is 320 g/mol. The highest BCUT2D eigenvalue weighted by atomic mass is 16.5. The van der Waals surface area contributed by atoms with Crippen molar-refractivity contribution in [2.75, 3.05) is 20.8 Å². The molecule has 1 aromatic carbocycles. The molecule has 1 heterocycles. The zero-order chi connectivity index (χ0) is 17.0. The number of rotatable bonds is 5. The van der Waals surface area contributed by atoms with E-state index in [9.17, 15) is 14.4 Å². The summed E-state index contributed by atoms with van der Waals surface area (Å²) in [5.41, 5.74) is -1.35. The van der Waals surface area contributed by atoms with Crippen molar-refractivity contribution in [2.45, 2.75) is 6.92 Å². The average Bonchev–Trinajstić information content (AvgIpc) is 2.54. The van der Waals surface area contributed by atoms with Gasteiger partial charge in [0.2, 0.25) is 0 Å². The molecule has 1 N–H and O–H groups in total. The van der Waals surface area contributed by atoms with Crippen LogP contribution in [0.5, 0.6) is 11.5 Å². The molecule has 2 aromatic rings. The van der Waals surface area contributed by atoms with E-state index in [1.54, 1.807) is 25.1 Å². The van der Waals surface area contributed by atoms with E-state index in [4.69, 9.17) is 14.2 Å². The van der Waals surface area contributed by atoms with Crippen LogP contribution in [-0.4, -0.2) is 36.3 Å². The Morgan fingerprint density at radius 3 is 2.48 bits per heavy atom. The Balaban J connectivity index is 2.60. The van der Waals surface area contributed by atoms with Crippen LogP contribution in [0.4, 0.5) is 0 Å². The van der Waals surface area contributed by atoms with Gasteiger partial charge in [-0.05, 0) is 19.1 Å². The number of hydrogen-bond donors (Lipinski definition) is 1. The molecule has 8 heteroatoms. The lowest BCUT2D eigenvalue weighted by atomic mass is 10.2. The molecule has 0 aliphatic rings. The van der Waals surface area contributed by atoms with E-state index in [0.29, 0.717) is 17.2 Å². The highest BCUT2D eigenvalue weighted by Gasteiger charge is 2.15. The Morgan fingerprint density at radius 2 is 1.87 bits per heavy atom. The van der Waals surface area contributed by atoms with Gasteiger partial charge in [0.15, 0.2) is 11.5 Å². The molecule has 0 unspecified atom stereocenters. The van der Waals surface area contributed by atoms with Crippen LogP contribution in [0.3, 0.4) is 0 Å². The summed E-state index contributed by atoms with van der Waals surface area (Å²) in [5, 5.41) is 0. The summed E-state index contributed by atoms with van der Waals surface area (Å²) in [6.07, 6.45) is 1.14. The molecule has 0 aliphatic heterocycles. The van der Waals surface area contributed by atoms with Crippen molar-refractivity contribution in [2.24, 2.45) is 0 Å². The summed E-state index contributed by atoms with van der Waals surface area (Å²) >= 11 is 0. The van der Waals surface area contributed by atoms with Crippen LogP contribution in [0.15, 0.2) is 34.0 Å². The topological polar surface area (TPSA) is 99.6 Å². The SMILES string of the molecule is CCOC(=O)c1cn(-c2ccc(OC)c(OC)c2)c(=O)[nH]c1=O. The smallest absolute Gasteiger partial charge is 0.345 e. The largest absolute Gasteiger partial charge is 0.493 e. The second-order valence-electron chi connectivity index (χ2n) is 4.43. The fourth-order valence-corrected chi connectivity index (χ4v) is 1.99. The summed E-state index contributed by atoms with van der Waals surface area (Å²) in [6, 6.07) is 4.75. The third-order valence-electron chi connectivity index (χ3n) is 3.08. The highest BCUT2D eigenvalue weighted by molar-refractivity contribution is 5.88. The normalized spacial score (nSPS) is 10.2. The van der Waals surface area contributed by atoms with Crippen molar-refractivity contribution in [1.82, 2.24) is 9.55 Å². The number of hydrogen-bond acceptors (Lipinski definition) is 6. The van der Waals surface area contributed by atoms with Gasteiger partial charge in [-0.2, -0.15) is 0 Å². The number of H-pyrrole nitrogens is 1. The third kappa shape index (κ3) is 3.25. The van der Waals surface area contributed by atoms with Crippen molar-refractivity contribution in [3.63, 3.8) is 0 Å².